The Morgan fingerprint density at radius 3 is 3.00 bits per heavy atom. The van der Waals surface area contributed by atoms with Crippen molar-refractivity contribution in [3.63, 3.8) is 0 Å². The molecule has 1 aliphatic heterocycles. The van der Waals surface area contributed by atoms with Crippen LogP contribution >= 0.6 is 0 Å². The number of carbonyl (C=O) groups is 1. The summed E-state index contributed by atoms with van der Waals surface area (Å²) in [4.78, 5) is 14.6. The number of likely N-dealkylation sites (tertiary alicyclic amines) is 1. The van der Waals surface area contributed by atoms with Gasteiger partial charge in [-0.2, -0.15) is 0 Å². The van der Waals surface area contributed by atoms with Crippen LogP contribution in [0, 0.1) is 11.8 Å². The van der Waals surface area contributed by atoms with Crippen LogP contribution in [0.4, 0.5) is 0 Å². The van der Waals surface area contributed by atoms with Crippen molar-refractivity contribution in [1.82, 2.24) is 19.5 Å². The van der Waals surface area contributed by atoms with Gasteiger partial charge in [0.1, 0.15) is 0 Å². The summed E-state index contributed by atoms with van der Waals surface area (Å²) in [6, 6.07) is 5.97. The summed E-state index contributed by atoms with van der Waals surface area (Å²) in [5.74, 6) is 2.01. The minimum atomic E-state index is 0.0905. The minimum absolute atomic E-state index is 0.0905. The molecule has 0 spiro atoms. The quantitative estimate of drug-likeness (QED) is 0.839. The lowest BCUT2D eigenvalue weighted by atomic mass is 10.2. The molecule has 0 N–H and O–H groups in total. The van der Waals surface area contributed by atoms with Crippen LogP contribution in [0.5, 0.6) is 0 Å². The van der Waals surface area contributed by atoms with Gasteiger partial charge in [0.15, 0.2) is 11.5 Å². The number of pyridine rings is 1. The molecule has 2 aliphatic rings. The Kier molecular flexibility index (Phi) is 2.55. The van der Waals surface area contributed by atoms with Gasteiger partial charge in [-0.05, 0) is 37.3 Å². The number of hydrogen-bond acceptors (Lipinski definition) is 3. The van der Waals surface area contributed by atoms with Crippen LogP contribution in [0.15, 0.2) is 24.4 Å². The molecule has 104 valence electrons. The van der Waals surface area contributed by atoms with E-state index in [1.807, 2.05) is 33.7 Å². The van der Waals surface area contributed by atoms with Crippen molar-refractivity contribution in [3.8, 4) is 0 Å². The molecule has 3 atom stereocenters. The molecule has 1 amide bonds. The second-order valence-electron chi connectivity index (χ2n) is 6.00. The van der Waals surface area contributed by atoms with E-state index in [-0.39, 0.29) is 12.0 Å². The normalized spacial score (nSPS) is 29.1. The first-order chi connectivity index (χ1) is 9.75. The first-order valence-corrected chi connectivity index (χ1v) is 7.36. The van der Waals surface area contributed by atoms with E-state index in [2.05, 4.69) is 17.1 Å². The first kappa shape index (κ1) is 11.9. The lowest BCUT2D eigenvalue weighted by Gasteiger charge is -2.23. The summed E-state index contributed by atoms with van der Waals surface area (Å²) in [6.45, 7) is 3.01. The van der Waals surface area contributed by atoms with Crippen molar-refractivity contribution in [2.45, 2.75) is 32.2 Å². The Bertz CT molecular complexity index is 665. The molecule has 0 aromatic carbocycles. The van der Waals surface area contributed by atoms with Gasteiger partial charge in [-0.1, -0.05) is 13.0 Å². The van der Waals surface area contributed by atoms with Crippen molar-refractivity contribution in [3.05, 3.63) is 30.2 Å². The third-order valence-corrected chi connectivity index (χ3v) is 4.60. The molecular formula is C15H18N4O. The highest BCUT2D eigenvalue weighted by Crippen LogP contribution is 2.42. The number of carbonyl (C=O) groups excluding carboxylic acids is 1. The molecule has 2 aromatic rings. The third-order valence-electron chi connectivity index (χ3n) is 4.60. The number of amides is 1. The zero-order valence-electron chi connectivity index (χ0n) is 11.6. The number of hydrogen-bond donors (Lipinski definition) is 0. The second kappa shape index (κ2) is 4.30. The Labute approximate surface area is 117 Å². The van der Waals surface area contributed by atoms with Crippen molar-refractivity contribution >= 4 is 11.6 Å². The van der Waals surface area contributed by atoms with Crippen molar-refractivity contribution in [2.75, 3.05) is 6.54 Å². The molecule has 1 saturated carbocycles. The summed E-state index contributed by atoms with van der Waals surface area (Å²) in [5.41, 5.74) is 0.849. The monoisotopic (exact) mass is 270 g/mol. The average molecular weight is 270 g/mol. The second-order valence-corrected chi connectivity index (χ2v) is 6.00. The third kappa shape index (κ3) is 1.72. The van der Waals surface area contributed by atoms with Crippen LogP contribution in [0.3, 0.4) is 0 Å². The summed E-state index contributed by atoms with van der Waals surface area (Å²) in [7, 11) is 0. The van der Waals surface area contributed by atoms with E-state index < -0.39 is 0 Å². The minimum Gasteiger partial charge on any atom is -0.332 e. The van der Waals surface area contributed by atoms with E-state index in [4.69, 9.17) is 0 Å². The van der Waals surface area contributed by atoms with E-state index in [9.17, 15) is 4.79 Å². The van der Waals surface area contributed by atoms with Gasteiger partial charge in [-0.15, -0.1) is 10.2 Å². The smallest absolute Gasteiger partial charge is 0.226 e. The van der Waals surface area contributed by atoms with Gasteiger partial charge in [0.05, 0.1) is 6.04 Å². The number of aromatic nitrogens is 3. The number of fused-ring (bicyclic) bond motifs is 1. The van der Waals surface area contributed by atoms with Crippen molar-refractivity contribution in [1.29, 1.82) is 0 Å². The van der Waals surface area contributed by atoms with Crippen molar-refractivity contribution < 1.29 is 4.79 Å². The van der Waals surface area contributed by atoms with Gasteiger partial charge in [0, 0.05) is 18.7 Å². The van der Waals surface area contributed by atoms with E-state index in [1.165, 1.54) is 0 Å². The lowest BCUT2D eigenvalue weighted by molar-refractivity contribution is -0.134. The maximum absolute atomic E-state index is 12.5. The summed E-state index contributed by atoms with van der Waals surface area (Å²) in [5, 5.41) is 8.54. The zero-order chi connectivity index (χ0) is 13.7. The van der Waals surface area contributed by atoms with E-state index in [1.54, 1.807) is 0 Å². The fourth-order valence-electron chi connectivity index (χ4n) is 3.27. The molecule has 0 bridgehead atoms. The molecule has 5 nitrogen and oxygen atoms in total. The van der Waals surface area contributed by atoms with E-state index >= 15 is 0 Å². The zero-order valence-corrected chi connectivity index (χ0v) is 11.6. The molecule has 0 radical (unpaired) electrons. The van der Waals surface area contributed by atoms with Crippen molar-refractivity contribution in [2.24, 2.45) is 11.8 Å². The summed E-state index contributed by atoms with van der Waals surface area (Å²) >= 11 is 0. The maximum atomic E-state index is 12.5. The molecule has 5 heteroatoms. The van der Waals surface area contributed by atoms with Gasteiger partial charge in [-0.3, -0.25) is 9.20 Å². The van der Waals surface area contributed by atoms with Gasteiger partial charge in [-0.25, -0.2) is 0 Å². The predicted molar refractivity (Wildman–Crippen MR) is 73.9 cm³/mol. The number of nitrogens with zero attached hydrogens (tertiary/aromatic N) is 4. The van der Waals surface area contributed by atoms with Crippen LogP contribution in [0.2, 0.25) is 0 Å². The summed E-state index contributed by atoms with van der Waals surface area (Å²) < 4.78 is 2.01. The van der Waals surface area contributed by atoms with Crippen LogP contribution in [-0.2, 0) is 4.79 Å². The molecule has 1 saturated heterocycles. The maximum Gasteiger partial charge on any atom is 0.226 e. The fourth-order valence-corrected chi connectivity index (χ4v) is 3.27. The molecule has 0 unspecified atom stereocenters. The van der Waals surface area contributed by atoms with Gasteiger partial charge in [0.25, 0.3) is 0 Å². The summed E-state index contributed by atoms with van der Waals surface area (Å²) in [6.07, 6.45) is 5.07. The Balaban J connectivity index is 1.68. The van der Waals surface area contributed by atoms with Crippen LogP contribution in [0.1, 0.15) is 38.1 Å². The van der Waals surface area contributed by atoms with Crippen LogP contribution < -0.4 is 0 Å². The molecule has 20 heavy (non-hydrogen) atoms. The topological polar surface area (TPSA) is 50.5 Å². The lowest BCUT2D eigenvalue weighted by Crippen LogP contribution is -2.33. The average Bonchev–Trinajstić information content (AvgIpc) is 2.91. The molecule has 4 rings (SSSR count). The SMILES string of the molecule is C[C@@H]1C[C@H]1C(=O)N1CCC[C@H]1c1nnc2ccccn12. The highest BCUT2D eigenvalue weighted by molar-refractivity contribution is 5.82. The van der Waals surface area contributed by atoms with Gasteiger partial charge in [0.2, 0.25) is 5.91 Å². The molecular weight excluding hydrogens is 252 g/mol. The van der Waals surface area contributed by atoms with E-state index in [0.717, 1.165) is 37.3 Å². The highest BCUT2D eigenvalue weighted by Gasteiger charge is 2.45. The predicted octanol–water partition coefficient (Wildman–Crippen LogP) is 2.05. The first-order valence-electron chi connectivity index (χ1n) is 7.36. The highest BCUT2D eigenvalue weighted by atomic mass is 16.2. The fraction of sp³-hybridized carbons (Fsp3) is 0.533. The Morgan fingerprint density at radius 2 is 2.20 bits per heavy atom. The molecule has 2 fully saturated rings. The Morgan fingerprint density at radius 1 is 1.35 bits per heavy atom. The van der Waals surface area contributed by atoms with Gasteiger partial charge < -0.3 is 4.90 Å². The van der Waals surface area contributed by atoms with Crippen LogP contribution in [-0.4, -0.2) is 31.9 Å². The van der Waals surface area contributed by atoms with Gasteiger partial charge >= 0.3 is 0 Å². The largest absolute Gasteiger partial charge is 0.332 e. The Hall–Kier alpha value is -1.91. The molecule has 1 aliphatic carbocycles. The number of rotatable bonds is 2. The van der Waals surface area contributed by atoms with E-state index in [0.29, 0.717) is 11.8 Å². The molecule has 2 aromatic heterocycles. The standard InChI is InChI=1S/C15H18N4O/c1-10-9-11(10)15(20)18-8-4-5-12(18)14-17-16-13-6-2-3-7-19(13)14/h2-3,6-7,10-12H,4-5,8-9H2,1H3/t10-,11-,12+/m1/s1. The van der Waals surface area contributed by atoms with Crippen LogP contribution in [0.25, 0.3) is 5.65 Å². The molecule has 3 heterocycles.